The molecule has 0 radical (unpaired) electrons. The molecule has 1 aromatic heterocycles. The Labute approximate surface area is 184 Å². The molecule has 7 heteroatoms. The predicted octanol–water partition coefficient (Wildman–Crippen LogP) is 4.18. The van der Waals surface area contributed by atoms with Gasteiger partial charge in [0, 0.05) is 27.1 Å². The first-order valence-electron chi connectivity index (χ1n) is 9.50. The maximum Gasteiger partial charge on any atom is 0.329 e. The molecule has 0 aliphatic heterocycles. The average molecular weight is 467 g/mol. The van der Waals surface area contributed by atoms with Crippen LogP contribution in [-0.4, -0.2) is 22.6 Å². The summed E-state index contributed by atoms with van der Waals surface area (Å²) in [5.74, 6) is -1.54. The number of hydrazone groups is 1. The number of amides is 2. The Bertz CT molecular complexity index is 1070. The molecule has 0 unspecified atom stereocenters. The van der Waals surface area contributed by atoms with Gasteiger partial charge in [0.25, 0.3) is 0 Å². The summed E-state index contributed by atoms with van der Waals surface area (Å²) in [7, 11) is 0. The van der Waals surface area contributed by atoms with Crippen LogP contribution in [0.15, 0.2) is 70.2 Å². The van der Waals surface area contributed by atoms with Crippen molar-refractivity contribution in [2.24, 2.45) is 5.10 Å². The molecule has 2 aromatic carbocycles. The Morgan fingerprint density at radius 1 is 1.03 bits per heavy atom. The lowest BCUT2D eigenvalue weighted by molar-refractivity contribution is -0.139. The summed E-state index contributed by atoms with van der Waals surface area (Å²) < 4.78 is 3.11. The third-order valence-corrected chi connectivity index (χ3v) is 5.31. The Morgan fingerprint density at radius 2 is 1.70 bits per heavy atom. The minimum Gasteiger partial charge on any atom is -0.341 e. The number of nitrogens with one attached hydrogen (secondary N) is 2. The van der Waals surface area contributed by atoms with E-state index in [1.165, 1.54) is 0 Å². The van der Waals surface area contributed by atoms with Crippen molar-refractivity contribution in [2.45, 2.75) is 26.8 Å². The maximum atomic E-state index is 12.1. The average Bonchev–Trinajstić information content (AvgIpc) is 3.02. The Kier molecular flexibility index (Phi) is 6.84. The molecule has 2 N–H and O–H groups in total. The van der Waals surface area contributed by atoms with Crippen LogP contribution in [0.2, 0.25) is 0 Å². The third-order valence-electron chi connectivity index (χ3n) is 4.78. The molecule has 1 atom stereocenters. The second kappa shape index (κ2) is 9.54. The van der Waals surface area contributed by atoms with Crippen LogP contribution in [0.3, 0.4) is 0 Å². The molecule has 154 valence electrons. The van der Waals surface area contributed by atoms with Crippen LogP contribution < -0.4 is 10.7 Å². The van der Waals surface area contributed by atoms with E-state index in [1.54, 1.807) is 6.21 Å². The van der Waals surface area contributed by atoms with Gasteiger partial charge < -0.3 is 9.88 Å². The number of benzene rings is 2. The monoisotopic (exact) mass is 466 g/mol. The number of nitrogens with zero attached hydrogens (tertiary/aromatic N) is 2. The number of hydrogen-bond acceptors (Lipinski definition) is 3. The molecule has 30 heavy (non-hydrogen) atoms. The first kappa shape index (κ1) is 21.5. The van der Waals surface area contributed by atoms with Gasteiger partial charge in [-0.1, -0.05) is 46.3 Å². The van der Waals surface area contributed by atoms with Gasteiger partial charge in [-0.15, -0.1) is 0 Å². The van der Waals surface area contributed by atoms with Gasteiger partial charge in [0.15, 0.2) is 0 Å². The summed E-state index contributed by atoms with van der Waals surface area (Å²) in [5.41, 5.74) is 7.12. The van der Waals surface area contributed by atoms with Crippen LogP contribution in [0, 0.1) is 13.8 Å². The van der Waals surface area contributed by atoms with E-state index in [4.69, 9.17) is 0 Å². The second-order valence-electron chi connectivity index (χ2n) is 6.94. The van der Waals surface area contributed by atoms with Crippen LogP contribution in [-0.2, 0) is 9.59 Å². The highest BCUT2D eigenvalue weighted by molar-refractivity contribution is 9.10. The number of rotatable bonds is 5. The first-order valence-corrected chi connectivity index (χ1v) is 10.3. The molecule has 0 fully saturated rings. The van der Waals surface area contributed by atoms with Crippen molar-refractivity contribution in [2.75, 3.05) is 0 Å². The van der Waals surface area contributed by atoms with E-state index in [-0.39, 0.29) is 6.04 Å². The predicted molar refractivity (Wildman–Crippen MR) is 122 cm³/mol. The molecular formula is C23H23BrN4O2. The quantitative estimate of drug-likeness (QED) is 0.336. The van der Waals surface area contributed by atoms with E-state index < -0.39 is 11.8 Å². The fraction of sp³-hybridized carbons (Fsp3) is 0.174. The molecule has 0 saturated carbocycles. The first-order chi connectivity index (χ1) is 14.4. The van der Waals surface area contributed by atoms with Gasteiger partial charge in [-0.25, -0.2) is 5.43 Å². The Morgan fingerprint density at radius 3 is 2.37 bits per heavy atom. The highest BCUT2D eigenvalue weighted by Gasteiger charge is 2.16. The molecular weight excluding hydrogens is 444 g/mol. The van der Waals surface area contributed by atoms with Gasteiger partial charge in [0.05, 0.1) is 12.3 Å². The molecule has 2 amide bonds. The molecule has 0 spiro atoms. The Hall–Kier alpha value is -3.19. The highest BCUT2D eigenvalue weighted by Crippen LogP contribution is 2.21. The summed E-state index contributed by atoms with van der Waals surface area (Å²) in [4.78, 5) is 24.2. The minimum absolute atomic E-state index is 0.279. The summed E-state index contributed by atoms with van der Waals surface area (Å²) in [6.45, 7) is 5.80. The van der Waals surface area contributed by atoms with E-state index in [0.717, 1.165) is 32.7 Å². The normalized spacial score (nSPS) is 12.0. The van der Waals surface area contributed by atoms with E-state index in [9.17, 15) is 9.59 Å². The third kappa shape index (κ3) is 5.04. The zero-order chi connectivity index (χ0) is 21.7. The van der Waals surface area contributed by atoms with Crippen LogP contribution in [0.1, 0.15) is 35.5 Å². The Balaban J connectivity index is 1.63. The van der Waals surface area contributed by atoms with Crippen molar-refractivity contribution in [1.29, 1.82) is 0 Å². The van der Waals surface area contributed by atoms with Crippen LogP contribution >= 0.6 is 15.9 Å². The molecule has 0 aliphatic carbocycles. The summed E-state index contributed by atoms with van der Waals surface area (Å²) in [6, 6.07) is 19.1. The van der Waals surface area contributed by atoms with Gasteiger partial charge in [0.2, 0.25) is 0 Å². The lowest BCUT2D eigenvalue weighted by Crippen LogP contribution is -2.39. The van der Waals surface area contributed by atoms with E-state index in [2.05, 4.69) is 36.3 Å². The largest absolute Gasteiger partial charge is 0.341 e. The minimum atomic E-state index is -0.809. The van der Waals surface area contributed by atoms with E-state index in [1.807, 2.05) is 81.4 Å². The zero-order valence-corrected chi connectivity index (χ0v) is 18.6. The topological polar surface area (TPSA) is 75.5 Å². The molecule has 0 bridgehead atoms. The van der Waals surface area contributed by atoms with Crippen molar-refractivity contribution in [3.8, 4) is 5.69 Å². The zero-order valence-electron chi connectivity index (χ0n) is 17.0. The van der Waals surface area contributed by atoms with Crippen molar-refractivity contribution in [3.05, 3.63) is 87.7 Å². The SMILES string of the molecule is Cc1cc(/C=N\NC(=O)C(=O)N[C@@H](C)c2ccccc2)c(C)n1-c1ccc(Br)cc1. The lowest BCUT2D eigenvalue weighted by atomic mass is 10.1. The van der Waals surface area contributed by atoms with Gasteiger partial charge >= 0.3 is 11.8 Å². The molecule has 3 aromatic rings. The van der Waals surface area contributed by atoms with Gasteiger partial charge in [-0.2, -0.15) is 5.10 Å². The number of halogens is 1. The van der Waals surface area contributed by atoms with E-state index in [0.29, 0.717) is 0 Å². The number of aryl methyl sites for hydroxylation is 1. The van der Waals surface area contributed by atoms with Gasteiger partial charge in [-0.05, 0) is 56.7 Å². The molecule has 6 nitrogen and oxygen atoms in total. The number of carbonyl (C=O) groups is 2. The van der Waals surface area contributed by atoms with Crippen molar-refractivity contribution < 1.29 is 9.59 Å². The highest BCUT2D eigenvalue weighted by atomic mass is 79.9. The number of hydrogen-bond donors (Lipinski definition) is 2. The van der Waals surface area contributed by atoms with Crippen LogP contribution in [0.4, 0.5) is 0 Å². The smallest absolute Gasteiger partial charge is 0.329 e. The molecule has 1 heterocycles. The molecule has 0 aliphatic rings. The molecule has 0 saturated heterocycles. The van der Waals surface area contributed by atoms with Gasteiger partial charge in [-0.3, -0.25) is 9.59 Å². The summed E-state index contributed by atoms with van der Waals surface area (Å²) in [5, 5.41) is 6.62. The van der Waals surface area contributed by atoms with Crippen LogP contribution in [0.5, 0.6) is 0 Å². The van der Waals surface area contributed by atoms with Crippen LogP contribution in [0.25, 0.3) is 5.69 Å². The number of carbonyl (C=O) groups excluding carboxylic acids is 2. The number of aromatic nitrogens is 1. The van der Waals surface area contributed by atoms with Crippen molar-refractivity contribution >= 4 is 34.0 Å². The summed E-state index contributed by atoms with van der Waals surface area (Å²) >= 11 is 3.44. The van der Waals surface area contributed by atoms with Crippen molar-refractivity contribution in [1.82, 2.24) is 15.3 Å². The standard InChI is InChI=1S/C23H23BrN4O2/c1-15-13-19(17(3)28(15)21-11-9-20(24)10-12-21)14-25-27-23(30)22(29)26-16(2)18-7-5-4-6-8-18/h4-14,16H,1-3H3,(H,26,29)(H,27,30)/b25-14-/t16-/m0/s1. The van der Waals surface area contributed by atoms with Gasteiger partial charge in [0.1, 0.15) is 0 Å². The maximum absolute atomic E-state index is 12.1. The fourth-order valence-corrected chi connectivity index (χ4v) is 3.47. The van der Waals surface area contributed by atoms with Crippen molar-refractivity contribution in [3.63, 3.8) is 0 Å². The molecule has 3 rings (SSSR count). The second-order valence-corrected chi connectivity index (χ2v) is 7.86. The lowest BCUT2D eigenvalue weighted by Gasteiger charge is -2.13. The fourth-order valence-electron chi connectivity index (χ4n) is 3.20. The summed E-state index contributed by atoms with van der Waals surface area (Å²) in [6.07, 6.45) is 1.55. The van der Waals surface area contributed by atoms with E-state index >= 15 is 0 Å².